The van der Waals surface area contributed by atoms with Crippen LogP contribution in [-0.2, 0) is 4.79 Å². The number of hydrogen-bond donors (Lipinski definition) is 1. The summed E-state index contributed by atoms with van der Waals surface area (Å²) in [5, 5.41) is 0.554. The second kappa shape index (κ2) is 5.48. The monoisotopic (exact) mass is 268 g/mol. The van der Waals surface area contributed by atoms with E-state index in [9.17, 15) is 4.79 Å². The van der Waals surface area contributed by atoms with Gasteiger partial charge in [-0.1, -0.05) is 11.6 Å². The number of rotatable bonds is 3. The molecule has 0 aromatic heterocycles. The highest BCUT2D eigenvalue weighted by Gasteiger charge is 2.24. The fraction of sp³-hybridized carbons (Fsp3) is 0.462. The first-order valence-electron chi connectivity index (χ1n) is 6.08. The van der Waals surface area contributed by atoms with E-state index in [0.29, 0.717) is 16.5 Å². The number of halogens is 1. The lowest BCUT2D eigenvalue weighted by Crippen LogP contribution is -2.38. The van der Waals surface area contributed by atoms with Crippen molar-refractivity contribution < 1.29 is 9.53 Å². The van der Waals surface area contributed by atoms with Crippen LogP contribution in [0.3, 0.4) is 0 Å². The van der Waals surface area contributed by atoms with Crippen molar-refractivity contribution in [3.63, 3.8) is 0 Å². The van der Waals surface area contributed by atoms with Crippen LogP contribution >= 0.6 is 11.6 Å². The third kappa shape index (κ3) is 2.88. The topological polar surface area (TPSA) is 55.6 Å². The van der Waals surface area contributed by atoms with E-state index in [0.717, 1.165) is 25.9 Å². The molecule has 0 bridgehead atoms. The van der Waals surface area contributed by atoms with Gasteiger partial charge in [-0.25, -0.2) is 0 Å². The average molecular weight is 269 g/mol. The quantitative estimate of drug-likeness (QED) is 0.856. The van der Waals surface area contributed by atoms with Crippen LogP contribution in [0.2, 0.25) is 5.02 Å². The highest BCUT2D eigenvalue weighted by Crippen LogP contribution is 2.26. The molecule has 1 aromatic carbocycles. The van der Waals surface area contributed by atoms with E-state index in [1.165, 1.54) is 0 Å². The number of nitrogen functional groups attached to an aromatic ring is 1. The van der Waals surface area contributed by atoms with Gasteiger partial charge in [-0.2, -0.15) is 0 Å². The van der Waals surface area contributed by atoms with Crippen molar-refractivity contribution in [2.75, 3.05) is 18.8 Å². The van der Waals surface area contributed by atoms with Crippen molar-refractivity contribution in [3.05, 3.63) is 23.2 Å². The first-order valence-corrected chi connectivity index (χ1v) is 6.46. The summed E-state index contributed by atoms with van der Waals surface area (Å²) >= 11 is 5.81. The Morgan fingerprint density at radius 2 is 2.11 bits per heavy atom. The maximum Gasteiger partial charge on any atom is 0.263 e. The van der Waals surface area contributed by atoms with E-state index in [2.05, 4.69) is 0 Å². The summed E-state index contributed by atoms with van der Waals surface area (Å²) in [7, 11) is 0. The molecule has 1 aliphatic heterocycles. The Hall–Kier alpha value is -1.42. The summed E-state index contributed by atoms with van der Waals surface area (Å²) in [5.41, 5.74) is 6.24. The molecule has 1 amide bonds. The molecular weight excluding hydrogens is 252 g/mol. The van der Waals surface area contributed by atoms with Gasteiger partial charge in [0, 0.05) is 18.1 Å². The zero-order chi connectivity index (χ0) is 13.1. The maximum absolute atomic E-state index is 12.1. The number of carbonyl (C=O) groups is 1. The summed E-state index contributed by atoms with van der Waals surface area (Å²) in [6.07, 6.45) is 1.62. The molecule has 5 heteroatoms. The Kier molecular flexibility index (Phi) is 3.97. The average Bonchev–Trinajstić information content (AvgIpc) is 2.85. The van der Waals surface area contributed by atoms with Gasteiger partial charge in [-0.05, 0) is 38.0 Å². The molecule has 1 heterocycles. The lowest BCUT2D eigenvalue weighted by Gasteiger charge is -2.21. The first kappa shape index (κ1) is 13.0. The van der Waals surface area contributed by atoms with Gasteiger partial charge in [-0.3, -0.25) is 4.79 Å². The summed E-state index contributed by atoms with van der Waals surface area (Å²) in [5.74, 6) is 0.515. The third-order valence-corrected chi connectivity index (χ3v) is 3.28. The number of nitrogens with zero attached hydrogens (tertiary/aromatic N) is 1. The van der Waals surface area contributed by atoms with Crippen molar-refractivity contribution in [1.82, 2.24) is 4.90 Å². The van der Waals surface area contributed by atoms with Crippen LogP contribution in [0.4, 0.5) is 5.69 Å². The number of anilines is 1. The van der Waals surface area contributed by atoms with Crippen LogP contribution in [0, 0.1) is 0 Å². The van der Waals surface area contributed by atoms with E-state index in [4.69, 9.17) is 22.1 Å². The molecule has 18 heavy (non-hydrogen) atoms. The number of likely N-dealkylation sites (tertiary alicyclic amines) is 1. The second-order valence-corrected chi connectivity index (χ2v) is 4.91. The molecule has 1 saturated heterocycles. The standard InChI is InChI=1S/C13H17ClN2O2/c1-9(13(17)16-6-2-3-7-16)18-12-5-4-10(14)8-11(12)15/h4-5,8-9H,2-3,6-7,15H2,1H3. The predicted molar refractivity (Wildman–Crippen MR) is 71.8 cm³/mol. The summed E-state index contributed by atoms with van der Waals surface area (Å²) in [6, 6.07) is 5.00. The maximum atomic E-state index is 12.1. The minimum Gasteiger partial charge on any atom is -0.479 e. The molecule has 2 rings (SSSR count). The van der Waals surface area contributed by atoms with Crippen molar-refractivity contribution in [3.8, 4) is 5.75 Å². The molecule has 0 spiro atoms. The molecule has 1 atom stereocenters. The first-order chi connectivity index (χ1) is 8.58. The number of carbonyl (C=O) groups excluding carboxylic acids is 1. The summed E-state index contributed by atoms with van der Waals surface area (Å²) in [6.45, 7) is 3.39. The molecule has 1 aliphatic rings. The lowest BCUT2D eigenvalue weighted by atomic mass is 10.3. The minimum atomic E-state index is -0.522. The van der Waals surface area contributed by atoms with Gasteiger partial charge in [0.2, 0.25) is 0 Å². The van der Waals surface area contributed by atoms with Gasteiger partial charge in [-0.15, -0.1) is 0 Å². The highest BCUT2D eigenvalue weighted by molar-refractivity contribution is 6.30. The van der Waals surface area contributed by atoms with Crippen LogP contribution in [0.15, 0.2) is 18.2 Å². The zero-order valence-corrected chi connectivity index (χ0v) is 11.1. The molecule has 1 aromatic rings. The molecule has 0 aliphatic carbocycles. The zero-order valence-electron chi connectivity index (χ0n) is 10.4. The molecule has 0 radical (unpaired) electrons. The normalized spacial score (nSPS) is 16.7. The van der Waals surface area contributed by atoms with E-state index in [1.807, 2.05) is 4.90 Å². The Labute approximate surface area is 112 Å². The van der Waals surface area contributed by atoms with E-state index >= 15 is 0 Å². The molecule has 1 fully saturated rings. The molecule has 2 N–H and O–H groups in total. The third-order valence-electron chi connectivity index (χ3n) is 3.04. The number of hydrogen-bond acceptors (Lipinski definition) is 3. The Balaban J connectivity index is 2.01. The fourth-order valence-electron chi connectivity index (χ4n) is 2.06. The van der Waals surface area contributed by atoms with Crippen molar-refractivity contribution in [2.45, 2.75) is 25.9 Å². The van der Waals surface area contributed by atoms with E-state index < -0.39 is 6.10 Å². The lowest BCUT2D eigenvalue weighted by molar-refractivity contribution is -0.136. The van der Waals surface area contributed by atoms with Crippen LogP contribution in [-0.4, -0.2) is 30.0 Å². The van der Waals surface area contributed by atoms with Crippen molar-refractivity contribution in [1.29, 1.82) is 0 Å². The van der Waals surface area contributed by atoms with E-state index in [1.54, 1.807) is 25.1 Å². The minimum absolute atomic E-state index is 0.0156. The van der Waals surface area contributed by atoms with Crippen LogP contribution in [0.1, 0.15) is 19.8 Å². The molecule has 98 valence electrons. The fourth-order valence-corrected chi connectivity index (χ4v) is 2.24. The van der Waals surface area contributed by atoms with Crippen molar-refractivity contribution in [2.24, 2.45) is 0 Å². The van der Waals surface area contributed by atoms with Crippen LogP contribution in [0.25, 0.3) is 0 Å². The van der Waals surface area contributed by atoms with Gasteiger partial charge >= 0.3 is 0 Å². The van der Waals surface area contributed by atoms with Gasteiger partial charge in [0.05, 0.1) is 5.69 Å². The number of ether oxygens (including phenoxy) is 1. The Bertz CT molecular complexity index is 445. The highest BCUT2D eigenvalue weighted by atomic mass is 35.5. The van der Waals surface area contributed by atoms with Gasteiger partial charge in [0.25, 0.3) is 5.91 Å². The molecule has 4 nitrogen and oxygen atoms in total. The Morgan fingerprint density at radius 3 is 2.72 bits per heavy atom. The summed E-state index contributed by atoms with van der Waals surface area (Å²) < 4.78 is 5.60. The van der Waals surface area contributed by atoms with Gasteiger partial charge < -0.3 is 15.4 Å². The SMILES string of the molecule is CC(Oc1ccc(Cl)cc1N)C(=O)N1CCCC1. The molecule has 1 unspecified atom stereocenters. The van der Waals surface area contributed by atoms with Crippen molar-refractivity contribution >= 4 is 23.2 Å². The molecule has 0 saturated carbocycles. The van der Waals surface area contributed by atoms with E-state index in [-0.39, 0.29) is 5.91 Å². The van der Waals surface area contributed by atoms with Gasteiger partial charge in [0.1, 0.15) is 5.75 Å². The van der Waals surface area contributed by atoms with Gasteiger partial charge in [0.15, 0.2) is 6.10 Å². The smallest absolute Gasteiger partial charge is 0.263 e. The predicted octanol–water partition coefficient (Wildman–Crippen LogP) is 2.31. The largest absolute Gasteiger partial charge is 0.479 e. The summed E-state index contributed by atoms with van der Waals surface area (Å²) in [4.78, 5) is 13.9. The van der Waals surface area contributed by atoms with Crippen LogP contribution < -0.4 is 10.5 Å². The Morgan fingerprint density at radius 1 is 1.44 bits per heavy atom. The van der Waals surface area contributed by atoms with Crippen LogP contribution in [0.5, 0.6) is 5.75 Å². The number of amides is 1. The second-order valence-electron chi connectivity index (χ2n) is 4.47. The number of nitrogens with two attached hydrogens (primary N) is 1. The molecular formula is C13H17ClN2O2. The number of benzene rings is 1.